The van der Waals surface area contributed by atoms with Gasteiger partial charge in [0.25, 0.3) is 0 Å². The molecule has 2 fully saturated rings. The molecule has 254 valence electrons. The van der Waals surface area contributed by atoms with Gasteiger partial charge in [-0.15, -0.1) is 0 Å². The van der Waals surface area contributed by atoms with Crippen LogP contribution in [0.4, 0.5) is 0 Å². The number of benzene rings is 2. The minimum absolute atomic E-state index is 0.0712. The first-order valence-corrected chi connectivity index (χ1v) is 17.2. The molecule has 4 aliphatic rings. The topological polar surface area (TPSA) is 125 Å². The van der Waals surface area contributed by atoms with Crippen LogP contribution in [0.15, 0.2) is 85.0 Å². The Balaban J connectivity index is 1.42. The lowest BCUT2D eigenvalue weighted by Gasteiger charge is -2.39. The number of nitrogens with zero attached hydrogens (tertiary/aromatic N) is 2. The largest absolute Gasteiger partial charge is 0.463 e. The quantitative estimate of drug-likeness (QED) is 0.241. The highest BCUT2D eigenvalue weighted by Crippen LogP contribution is 2.56. The van der Waals surface area contributed by atoms with Gasteiger partial charge in [-0.05, 0) is 30.4 Å². The number of hydrogen-bond acceptors (Lipinski definition) is 7. The van der Waals surface area contributed by atoms with Gasteiger partial charge in [0.1, 0.15) is 18.2 Å². The average molecular weight is 656 g/mol. The molecule has 5 bridgehead atoms. The van der Waals surface area contributed by atoms with Crippen LogP contribution in [0.5, 0.6) is 0 Å². The van der Waals surface area contributed by atoms with Crippen LogP contribution < -0.4 is 5.32 Å². The number of aliphatic hydroxyl groups excluding tert-OH is 1. The van der Waals surface area contributed by atoms with Gasteiger partial charge in [0.2, 0.25) is 17.7 Å². The second-order valence-corrected chi connectivity index (χ2v) is 13.1. The van der Waals surface area contributed by atoms with Crippen LogP contribution in [-0.2, 0) is 35.1 Å². The third kappa shape index (κ3) is 6.56. The summed E-state index contributed by atoms with van der Waals surface area (Å²) in [6.45, 7) is 2.41. The van der Waals surface area contributed by atoms with E-state index in [0.29, 0.717) is 19.4 Å². The average Bonchev–Trinajstić information content (AvgIpc) is 3.75. The van der Waals surface area contributed by atoms with Crippen molar-refractivity contribution >= 4 is 23.7 Å². The van der Waals surface area contributed by atoms with Crippen LogP contribution in [0.1, 0.15) is 56.2 Å². The normalized spacial score (nSPS) is 30.2. The molecule has 0 saturated carbocycles. The van der Waals surface area contributed by atoms with E-state index in [-0.39, 0.29) is 38.0 Å². The zero-order chi connectivity index (χ0) is 33.7. The third-order valence-electron chi connectivity index (χ3n) is 10.0. The summed E-state index contributed by atoms with van der Waals surface area (Å²) in [5.41, 5.74) is 0.294. The van der Waals surface area contributed by atoms with E-state index in [1.807, 2.05) is 72.8 Å². The molecule has 2 aromatic rings. The highest BCUT2D eigenvalue weighted by Gasteiger charge is 2.73. The van der Waals surface area contributed by atoms with Gasteiger partial charge < -0.3 is 29.7 Å². The van der Waals surface area contributed by atoms with Crippen LogP contribution in [0, 0.1) is 11.8 Å². The van der Waals surface area contributed by atoms with E-state index in [1.165, 1.54) is 4.90 Å². The smallest absolute Gasteiger partial charge is 0.306 e. The Labute approximate surface area is 281 Å². The van der Waals surface area contributed by atoms with E-state index >= 15 is 0 Å². The summed E-state index contributed by atoms with van der Waals surface area (Å²) in [7, 11) is 0. The molecule has 10 heteroatoms. The van der Waals surface area contributed by atoms with E-state index in [0.717, 1.165) is 30.4 Å². The summed E-state index contributed by atoms with van der Waals surface area (Å²) in [6.07, 6.45) is 10.2. The first-order chi connectivity index (χ1) is 23.4. The fourth-order valence-corrected chi connectivity index (χ4v) is 7.68. The van der Waals surface area contributed by atoms with Crippen molar-refractivity contribution in [1.29, 1.82) is 0 Å². The maximum absolute atomic E-state index is 14.8. The number of carbonyl (C=O) groups excluding carboxylic acids is 4. The predicted molar refractivity (Wildman–Crippen MR) is 178 cm³/mol. The number of fused-ring (bicyclic) bond motifs is 2. The minimum Gasteiger partial charge on any atom is -0.463 e. The van der Waals surface area contributed by atoms with Crippen molar-refractivity contribution in [3.8, 4) is 0 Å². The van der Waals surface area contributed by atoms with Crippen LogP contribution in [0.2, 0.25) is 0 Å². The molecule has 2 N–H and O–H groups in total. The van der Waals surface area contributed by atoms with Gasteiger partial charge in [-0.3, -0.25) is 19.2 Å². The molecule has 0 radical (unpaired) electrons. The fourth-order valence-electron chi connectivity index (χ4n) is 7.68. The molecule has 4 heterocycles. The number of amides is 3. The lowest BCUT2D eigenvalue weighted by molar-refractivity contribution is -0.150. The molecular formula is C38H45N3O7. The van der Waals surface area contributed by atoms with Crippen molar-refractivity contribution in [1.82, 2.24) is 15.1 Å². The monoisotopic (exact) mass is 655 g/mol. The molecule has 10 nitrogen and oxygen atoms in total. The first-order valence-electron chi connectivity index (χ1n) is 17.2. The van der Waals surface area contributed by atoms with Crippen LogP contribution in [0.25, 0.3) is 0 Å². The standard InChI is InChI=1S/C38H45N3O7/c1-2-3-12-21-40-22-13-6-11-18-31(43)47-25-29(27-16-9-5-10-17-27)39-35(44)32-30-19-20-38(48-30)33(32)36(45)41(34(38)37(40)46)28(24-42)23-26-14-7-4-8-15-26/h4-10,13-17,19-20,28-30,32-34,42H,2-3,11-12,18,21-25H2,1H3,(H,39,44)/b13-6-/t28-,29-,30-,32+,33+,34-,38+/m1/s1. The van der Waals surface area contributed by atoms with Gasteiger partial charge in [-0.1, -0.05) is 105 Å². The number of nitrogens with one attached hydrogen (secondary N) is 1. The van der Waals surface area contributed by atoms with E-state index < -0.39 is 53.5 Å². The molecule has 4 aliphatic heterocycles. The number of likely N-dealkylation sites (tertiary alicyclic amines) is 1. The van der Waals surface area contributed by atoms with Crippen molar-refractivity contribution in [2.24, 2.45) is 11.8 Å². The predicted octanol–water partition coefficient (Wildman–Crippen LogP) is 3.51. The number of esters is 1. The van der Waals surface area contributed by atoms with Crippen molar-refractivity contribution in [3.63, 3.8) is 0 Å². The molecular weight excluding hydrogens is 610 g/mol. The van der Waals surface area contributed by atoms with Gasteiger partial charge in [-0.25, -0.2) is 0 Å². The molecule has 2 saturated heterocycles. The maximum atomic E-state index is 14.8. The van der Waals surface area contributed by atoms with Crippen LogP contribution in [0.3, 0.4) is 0 Å². The minimum atomic E-state index is -1.37. The van der Waals surface area contributed by atoms with Crippen molar-refractivity contribution < 1.29 is 33.8 Å². The van der Waals surface area contributed by atoms with E-state index in [2.05, 4.69) is 12.2 Å². The fraction of sp³-hybridized carbons (Fsp3) is 0.474. The summed E-state index contributed by atoms with van der Waals surface area (Å²) in [4.78, 5) is 59.8. The lowest BCUT2D eigenvalue weighted by Crippen LogP contribution is -2.59. The Bertz CT molecular complexity index is 1530. The summed E-state index contributed by atoms with van der Waals surface area (Å²) in [5, 5.41) is 13.8. The van der Waals surface area contributed by atoms with Gasteiger partial charge in [0.15, 0.2) is 0 Å². The maximum Gasteiger partial charge on any atom is 0.306 e. The molecule has 2 aromatic carbocycles. The Morgan fingerprint density at radius 2 is 1.73 bits per heavy atom. The van der Waals surface area contributed by atoms with Gasteiger partial charge in [0, 0.05) is 19.5 Å². The number of aliphatic hydroxyl groups is 1. The number of carbonyl (C=O) groups is 4. The summed E-state index contributed by atoms with van der Waals surface area (Å²) in [5.74, 6) is -3.38. The Morgan fingerprint density at radius 1 is 0.979 bits per heavy atom. The molecule has 6 rings (SSSR count). The zero-order valence-corrected chi connectivity index (χ0v) is 27.4. The Kier molecular flexibility index (Phi) is 10.4. The Hall–Kier alpha value is -4.28. The third-order valence-corrected chi connectivity index (χ3v) is 10.0. The zero-order valence-electron chi connectivity index (χ0n) is 27.4. The van der Waals surface area contributed by atoms with Crippen molar-refractivity contribution in [2.45, 2.75) is 75.3 Å². The number of rotatable bonds is 9. The van der Waals surface area contributed by atoms with E-state index in [9.17, 15) is 24.3 Å². The van der Waals surface area contributed by atoms with E-state index in [4.69, 9.17) is 9.47 Å². The lowest BCUT2D eigenvalue weighted by atomic mass is 9.74. The summed E-state index contributed by atoms with van der Waals surface area (Å²) in [6, 6.07) is 16.4. The first kappa shape index (κ1) is 33.6. The van der Waals surface area contributed by atoms with Gasteiger partial charge >= 0.3 is 5.97 Å². The second-order valence-electron chi connectivity index (χ2n) is 13.1. The molecule has 0 aliphatic carbocycles. The molecule has 48 heavy (non-hydrogen) atoms. The molecule has 0 aromatic heterocycles. The summed E-state index contributed by atoms with van der Waals surface area (Å²) < 4.78 is 12.2. The molecule has 0 unspecified atom stereocenters. The SMILES string of the molecule is CCCCCN1C/C=C\CCC(=O)OC[C@H](c2ccccc2)NC(=O)[C@@H]2[C@H]3C(=O)N([C@@H](CO)Cc4ccccc4)[C@H](C1=O)[C@]31C=C[C@H]2O1. The van der Waals surface area contributed by atoms with Crippen molar-refractivity contribution in [2.75, 3.05) is 26.3 Å². The number of allylic oxidation sites excluding steroid dienone is 1. The Morgan fingerprint density at radius 3 is 2.46 bits per heavy atom. The molecule has 3 amide bonds. The summed E-state index contributed by atoms with van der Waals surface area (Å²) >= 11 is 0. The van der Waals surface area contributed by atoms with Gasteiger partial charge in [0.05, 0.1) is 36.6 Å². The number of cyclic esters (lactones) is 1. The highest BCUT2D eigenvalue weighted by molar-refractivity contribution is 6.00. The second kappa shape index (κ2) is 14.9. The van der Waals surface area contributed by atoms with Crippen LogP contribution in [-0.4, -0.2) is 88.7 Å². The molecule has 7 atom stereocenters. The molecule has 1 spiro atoms. The number of ether oxygens (including phenoxy) is 2. The number of unbranched alkanes of at least 4 members (excludes halogenated alkanes) is 2. The van der Waals surface area contributed by atoms with Crippen molar-refractivity contribution in [3.05, 3.63) is 96.1 Å². The van der Waals surface area contributed by atoms with Crippen LogP contribution >= 0.6 is 0 Å². The van der Waals surface area contributed by atoms with Gasteiger partial charge in [-0.2, -0.15) is 0 Å². The highest BCUT2D eigenvalue weighted by atomic mass is 16.5. The number of hydrogen-bond donors (Lipinski definition) is 2. The van der Waals surface area contributed by atoms with E-state index in [1.54, 1.807) is 17.1 Å².